The summed E-state index contributed by atoms with van der Waals surface area (Å²) in [6, 6.07) is 12.4. The standard InChI is InChI=1S/C20H19N3O4/c1-21-19(24)12-4-9-17-15(10-12)18(16(11-22-17)20(25)27-3)23-13-5-7-14(26-2)8-6-13/h4-11H,1-3H3,(H,21,24)(H,22,23). The van der Waals surface area contributed by atoms with Crippen molar-refractivity contribution in [2.24, 2.45) is 0 Å². The van der Waals surface area contributed by atoms with Gasteiger partial charge in [-0.15, -0.1) is 0 Å². The van der Waals surface area contributed by atoms with Gasteiger partial charge in [-0.2, -0.15) is 0 Å². The van der Waals surface area contributed by atoms with Crippen LogP contribution in [0, 0.1) is 0 Å². The molecule has 3 aromatic rings. The number of pyridine rings is 1. The zero-order chi connectivity index (χ0) is 19.4. The zero-order valence-corrected chi connectivity index (χ0v) is 15.2. The van der Waals surface area contributed by atoms with Crippen molar-refractivity contribution >= 4 is 34.2 Å². The Morgan fingerprint density at radius 3 is 2.41 bits per heavy atom. The highest BCUT2D eigenvalue weighted by Crippen LogP contribution is 2.31. The van der Waals surface area contributed by atoms with Crippen molar-refractivity contribution in [1.29, 1.82) is 0 Å². The van der Waals surface area contributed by atoms with Gasteiger partial charge in [0.25, 0.3) is 5.91 Å². The van der Waals surface area contributed by atoms with Gasteiger partial charge in [-0.1, -0.05) is 0 Å². The number of fused-ring (bicyclic) bond motifs is 1. The monoisotopic (exact) mass is 365 g/mol. The number of hydrogen-bond donors (Lipinski definition) is 2. The number of anilines is 2. The molecule has 7 nitrogen and oxygen atoms in total. The zero-order valence-electron chi connectivity index (χ0n) is 15.2. The van der Waals surface area contributed by atoms with Gasteiger partial charge in [-0.25, -0.2) is 4.79 Å². The van der Waals surface area contributed by atoms with Gasteiger partial charge in [-0.05, 0) is 42.5 Å². The van der Waals surface area contributed by atoms with E-state index in [4.69, 9.17) is 9.47 Å². The summed E-state index contributed by atoms with van der Waals surface area (Å²) in [5.74, 6) is -0.0308. The van der Waals surface area contributed by atoms with E-state index in [1.807, 2.05) is 12.1 Å². The van der Waals surface area contributed by atoms with Gasteiger partial charge in [0.2, 0.25) is 0 Å². The molecule has 3 rings (SSSR count). The molecule has 0 aliphatic carbocycles. The lowest BCUT2D eigenvalue weighted by molar-refractivity contribution is 0.0601. The summed E-state index contributed by atoms with van der Waals surface area (Å²) < 4.78 is 10.0. The Labute approximate surface area is 156 Å². The summed E-state index contributed by atoms with van der Waals surface area (Å²) in [7, 11) is 4.46. The molecular formula is C20H19N3O4. The number of nitrogens with one attached hydrogen (secondary N) is 2. The second-order valence-corrected chi connectivity index (χ2v) is 5.70. The van der Waals surface area contributed by atoms with Crippen molar-refractivity contribution < 1.29 is 19.1 Å². The van der Waals surface area contributed by atoms with E-state index in [2.05, 4.69) is 15.6 Å². The predicted molar refractivity (Wildman–Crippen MR) is 103 cm³/mol. The number of amides is 1. The molecule has 0 spiro atoms. The lowest BCUT2D eigenvalue weighted by Crippen LogP contribution is -2.17. The predicted octanol–water partition coefficient (Wildman–Crippen LogP) is 3.13. The second kappa shape index (κ2) is 7.74. The second-order valence-electron chi connectivity index (χ2n) is 5.70. The topological polar surface area (TPSA) is 89.6 Å². The quantitative estimate of drug-likeness (QED) is 0.675. The molecule has 2 N–H and O–H groups in total. The summed E-state index contributed by atoms with van der Waals surface area (Å²) in [6.07, 6.45) is 1.46. The van der Waals surface area contributed by atoms with Crippen LogP contribution in [-0.4, -0.2) is 38.1 Å². The van der Waals surface area contributed by atoms with Crippen LogP contribution in [0.25, 0.3) is 10.9 Å². The van der Waals surface area contributed by atoms with Crippen LogP contribution in [-0.2, 0) is 4.74 Å². The third kappa shape index (κ3) is 3.67. The average Bonchev–Trinajstić information content (AvgIpc) is 2.73. The van der Waals surface area contributed by atoms with E-state index in [1.165, 1.54) is 13.3 Å². The van der Waals surface area contributed by atoms with Gasteiger partial charge in [0.1, 0.15) is 11.3 Å². The van der Waals surface area contributed by atoms with Crippen molar-refractivity contribution in [3.8, 4) is 5.75 Å². The van der Waals surface area contributed by atoms with E-state index in [9.17, 15) is 9.59 Å². The molecule has 0 aliphatic heterocycles. The van der Waals surface area contributed by atoms with E-state index in [0.29, 0.717) is 22.2 Å². The lowest BCUT2D eigenvalue weighted by atomic mass is 10.1. The highest BCUT2D eigenvalue weighted by atomic mass is 16.5. The molecule has 0 fully saturated rings. The molecule has 1 amide bonds. The minimum absolute atomic E-state index is 0.226. The number of ether oxygens (including phenoxy) is 2. The normalized spacial score (nSPS) is 10.3. The van der Waals surface area contributed by atoms with Crippen LogP contribution < -0.4 is 15.4 Å². The van der Waals surface area contributed by atoms with Crippen molar-refractivity contribution in [3.63, 3.8) is 0 Å². The maximum Gasteiger partial charge on any atom is 0.341 e. The molecule has 2 aromatic carbocycles. The fourth-order valence-corrected chi connectivity index (χ4v) is 2.70. The van der Waals surface area contributed by atoms with Gasteiger partial charge in [-0.3, -0.25) is 9.78 Å². The molecule has 1 heterocycles. The summed E-state index contributed by atoms with van der Waals surface area (Å²) in [6.45, 7) is 0. The van der Waals surface area contributed by atoms with Crippen LogP contribution in [0.2, 0.25) is 0 Å². The van der Waals surface area contributed by atoms with E-state index >= 15 is 0 Å². The summed E-state index contributed by atoms with van der Waals surface area (Å²) in [5, 5.41) is 6.46. The Balaban J connectivity index is 2.17. The highest BCUT2D eigenvalue weighted by Gasteiger charge is 2.17. The van der Waals surface area contributed by atoms with Gasteiger partial charge >= 0.3 is 5.97 Å². The molecule has 0 atom stereocenters. The molecule has 27 heavy (non-hydrogen) atoms. The molecule has 138 valence electrons. The molecule has 0 radical (unpaired) electrons. The van der Waals surface area contributed by atoms with E-state index < -0.39 is 5.97 Å². The van der Waals surface area contributed by atoms with Crippen LogP contribution in [0.5, 0.6) is 5.75 Å². The first-order valence-electron chi connectivity index (χ1n) is 8.21. The smallest absolute Gasteiger partial charge is 0.341 e. The molecule has 0 unspecified atom stereocenters. The van der Waals surface area contributed by atoms with Crippen LogP contribution >= 0.6 is 0 Å². The third-order valence-corrected chi connectivity index (χ3v) is 4.12. The Bertz CT molecular complexity index is 995. The Morgan fingerprint density at radius 2 is 1.78 bits per heavy atom. The third-order valence-electron chi connectivity index (χ3n) is 4.12. The van der Waals surface area contributed by atoms with E-state index in [1.54, 1.807) is 44.5 Å². The largest absolute Gasteiger partial charge is 0.497 e. The summed E-state index contributed by atoms with van der Waals surface area (Å²) in [4.78, 5) is 28.6. The van der Waals surface area contributed by atoms with Crippen LogP contribution in [0.3, 0.4) is 0 Å². The van der Waals surface area contributed by atoms with E-state index in [-0.39, 0.29) is 11.5 Å². The maximum absolute atomic E-state index is 12.2. The molecule has 0 saturated carbocycles. The molecular weight excluding hydrogens is 346 g/mol. The summed E-state index contributed by atoms with van der Waals surface area (Å²) >= 11 is 0. The average molecular weight is 365 g/mol. The number of esters is 1. The molecule has 1 aromatic heterocycles. The van der Waals surface area contributed by atoms with Gasteiger partial charge in [0, 0.05) is 29.9 Å². The first-order valence-corrected chi connectivity index (χ1v) is 8.21. The maximum atomic E-state index is 12.2. The molecule has 0 aliphatic rings. The van der Waals surface area contributed by atoms with Gasteiger partial charge in [0.15, 0.2) is 0 Å². The number of benzene rings is 2. The number of nitrogens with zero attached hydrogens (tertiary/aromatic N) is 1. The number of hydrogen-bond acceptors (Lipinski definition) is 6. The molecule has 7 heteroatoms. The number of carbonyl (C=O) groups is 2. The Morgan fingerprint density at radius 1 is 1.04 bits per heavy atom. The number of rotatable bonds is 5. The number of aromatic nitrogens is 1. The summed E-state index contributed by atoms with van der Waals surface area (Å²) in [5.41, 5.74) is 2.65. The lowest BCUT2D eigenvalue weighted by Gasteiger charge is -2.14. The number of carbonyl (C=O) groups excluding carboxylic acids is 2. The highest BCUT2D eigenvalue weighted by molar-refractivity contribution is 6.08. The van der Waals surface area contributed by atoms with E-state index in [0.717, 1.165) is 11.4 Å². The van der Waals surface area contributed by atoms with Crippen molar-refractivity contribution in [2.45, 2.75) is 0 Å². The van der Waals surface area contributed by atoms with Crippen molar-refractivity contribution in [1.82, 2.24) is 10.3 Å². The fourth-order valence-electron chi connectivity index (χ4n) is 2.70. The number of methoxy groups -OCH3 is 2. The first-order chi connectivity index (χ1) is 13.1. The minimum atomic E-state index is -0.522. The Kier molecular flexibility index (Phi) is 5.21. The SMILES string of the molecule is CNC(=O)c1ccc2ncc(C(=O)OC)c(Nc3ccc(OC)cc3)c2c1. The van der Waals surface area contributed by atoms with Gasteiger partial charge < -0.3 is 20.1 Å². The minimum Gasteiger partial charge on any atom is -0.497 e. The molecule has 0 saturated heterocycles. The van der Waals surface area contributed by atoms with Gasteiger partial charge in [0.05, 0.1) is 25.4 Å². The van der Waals surface area contributed by atoms with Crippen LogP contribution in [0.15, 0.2) is 48.7 Å². The van der Waals surface area contributed by atoms with Crippen LogP contribution in [0.1, 0.15) is 20.7 Å². The Hall–Kier alpha value is -3.61. The van der Waals surface area contributed by atoms with Crippen molar-refractivity contribution in [3.05, 3.63) is 59.8 Å². The molecule has 0 bridgehead atoms. The first kappa shape index (κ1) is 18.2. The van der Waals surface area contributed by atoms with Crippen LogP contribution in [0.4, 0.5) is 11.4 Å². The van der Waals surface area contributed by atoms with Crippen molar-refractivity contribution in [2.75, 3.05) is 26.6 Å². The fraction of sp³-hybridized carbons (Fsp3) is 0.150.